The third-order valence-electron chi connectivity index (χ3n) is 3.41. The van der Waals surface area contributed by atoms with Crippen molar-refractivity contribution in [3.8, 4) is 0 Å². The summed E-state index contributed by atoms with van der Waals surface area (Å²) in [5.74, 6) is 0.521. The number of hydrogen-bond acceptors (Lipinski definition) is 2. The minimum Gasteiger partial charge on any atom is -0.378 e. The summed E-state index contributed by atoms with van der Waals surface area (Å²) in [4.78, 5) is 13.6. The molecule has 0 radical (unpaired) electrons. The van der Waals surface area contributed by atoms with Crippen LogP contribution in [0.25, 0.3) is 0 Å². The van der Waals surface area contributed by atoms with Crippen molar-refractivity contribution in [3.63, 3.8) is 0 Å². The highest BCUT2D eigenvalue weighted by atomic mass is 16.1. The van der Waals surface area contributed by atoms with Crippen LogP contribution in [0.3, 0.4) is 0 Å². The number of ketones is 1. The molecular formula is C15H19NO. The number of hydrogen-bond donors (Lipinski definition) is 0. The highest BCUT2D eigenvalue weighted by Gasteiger charge is 2.23. The first-order valence-electron chi connectivity index (χ1n) is 6.08. The first-order chi connectivity index (χ1) is 8.09. The van der Waals surface area contributed by atoms with E-state index in [1.54, 1.807) is 6.92 Å². The van der Waals surface area contributed by atoms with Crippen LogP contribution in [0, 0.1) is 0 Å². The van der Waals surface area contributed by atoms with Crippen molar-refractivity contribution in [2.24, 2.45) is 0 Å². The lowest BCUT2D eigenvalue weighted by Crippen LogP contribution is -2.09. The van der Waals surface area contributed by atoms with Gasteiger partial charge >= 0.3 is 0 Å². The first-order valence-corrected chi connectivity index (χ1v) is 6.08. The van der Waals surface area contributed by atoms with Crippen molar-refractivity contribution in [1.29, 1.82) is 0 Å². The normalized spacial score (nSPS) is 19.0. The molecule has 0 fully saturated rings. The second-order valence-electron chi connectivity index (χ2n) is 4.83. The van der Waals surface area contributed by atoms with E-state index >= 15 is 0 Å². The van der Waals surface area contributed by atoms with Crippen LogP contribution in [-0.2, 0) is 4.79 Å². The van der Waals surface area contributed by atoms with Crippen molar-refractivity contribution in [3.05, 3.63) is 41.5 Å². The van der Waals surface area contributed by atoms with Gasteiger partial charge in [0.25, 0.3) is 0 Å². The SMILES string of the molecule is CC(=O)C1=CCCC1c1ccc(N(C)C)cc1. The molecule has 1 aliphatic carbocycles. The van der Waals surface area contributed by atoms with E-state index in [2.05, 4.69) is 35.2 Å². The molecule has 0 heterocycles. The number of Topliss-reactive ketones (excluding diaryl/α,β-unsaturated/α-hetero) is 1. The second-order valence-corrected chi connectivity index (χ2v) is 4.83. The molecule has 2 nitrogen and oxygen atoms in total. The summed E-state index contributed by atoms with van der Waals surface area (Å²) < 4.78 is 0. The van der Waals surface area contributed by atoms with Crippen LogP contribution < -0.4 is 4.90 Å². The lowest BCUT2D eigenvalue weighted by molar-refractivity contribution is -0.113. The van der Waals surface area contributed by atoms with Gasteiger partial charge in [-0.2, -0.15) is 0 Å². The van der Waals surface area contributed by atoms with E-state index in [9.17, 15) is 4.79 Å². The van der Waals surface area contributed by atoms with Gasteiger partial charge in [0.15, 0.2) is 5.78 Å². The van der Waals surface area contributed by atoms with Crippen molar-refractivity contribution >= 4 is 11.5 Å². The predicted octanol–water partition coefficient (Wildman–Crippen LogP) is 3.15. The van der Waals surface area contributed by atoms with Crippen LogP contribution in [0.2, 0.25) is 0 Å². The van der Waals surface area contributed by atoms with Crippen LogP contribution in [0.4, 0.5) is 5.69 Å². The van der Waals surface area contributed by atoms with E-state index in [-0.39, 0.29) is 5.78 Å². The van der Waals surface area contributed by atoms with Crippen molar-refractivity contribution in [1.82, 2.24) is 0 Å². The minimum absolute atomic E-state index is 0.212. The summed E-state index contributed by atoms with van der Waals surface area (Å²) in [5.41, 5.74) is 3.44. The van der Waals surface area contributed by atoms with Crippen LogP contribution in [-0.4, -0.2) is 19.9 Å². The molecule has 0 amide bonds. The third-order valence-corrected chi connectivity index (χ3v) is 3.41. The van der Waals surface area contributed by atoms with E-state index < -0.39 is 0 Å². The summed E-state index contributed by atoms with van der Waals surface area (Å²) in [5, 5.41) is 0. The van der Waals surface area contributed by atoms with E-state index in [0.29, 0.717) is 5.92 Å². The number of carbonyl (C=O) groups excluding carboxylic acids is 1. The van der Waals surface area contributed by atoms with Crippen molar-refractivity contribution in [2.75, 3.05) is 19.0 Å². The maximum Gasteiger partial charge on any atom is 0.156 e. The van der Waals surface area contributed by atoms with Crippen LogP contribution in [0.1, 0.15) is 31.2 Å². The molecule has 1 aliphatic rings. The molecule has 90 valence electrons. The predicted molar refractivity (Wildman–Crippen MR) is 71.5 cm³/mol. The zero-order valence-electron chi connectivity index (χ0n) is 10.7. The Morgan fingerprint density at radius 1 is 1.24 bits per heavy atom. The number of allylic oxidation sites excluding steroid dienone is 2. The monoisotopic (exact) mass is 229 g/mol. The van der Waals surface area contributed by atoms with Gasteiger partial charge in [-0.1, -0.05) is 18.2 Å². The lowest BCUT2D eigenvalue weighted by Gasteiger charge is -2.16. The van der Waals surface area contributed by atoms with Crippen LogP contribution >= 0.6 is 0 Å². The Morgan fingerprint density at radius 2 is 1.88 bits per heavy atom. The van der Waals surface area contributed by atoms with E-state index in [1.165, 1.54) is 11.3 Å². The average molecular weight is 229 g/mol. The molecule has 0 spiro atoms. The van der Waals surface area contributed by atoms with Gasteiger partial charge in [-0.15, -0.1) is 0 Å². The molecule has 0 aliphatic heterocycles. The highest BCUT2D eigenvalue weighted by molar-refractivity contribution is 5.95. The number of rotatable bonds is 3. The lowest BCUT2D eigenvalue weighted by atomic mass is 9.90. The van der Waals surface area contributed by atoms with Gasteiger partial charge < -0.3 is 4.90 Å². The zero-order chi connectivity index (χ0) is 12.4. The van der Waals surface area contributed by atoms with Gasteiger partial charge in [0.1, 0.15) is 0 Å². The Balaban J connectivity index is 2.23. The van der Waals surface area contributed by atoms with Crippen LogP contribution in [0.5, 0.6) is 0 Å². The molecule has 2 rings (SSSR count). The van der Waals surface area contributed by atoms with Gasteiger partial charge in [0.05, 0.1) is 0 Å². The fourth-order valence-electron chi connectivity index (χ4n) is 2.44. The summed E-state index contributed by atoms with van der Waals surface area (Å²) in [6, 6.07) is 8.51. The number of benzene rings is 1. The quantitative estimate of drug-likeness (QED) is 0.793. The number of nitrogens with zero attached hydrogens (tertiary/aromatic N) is 1. The van der Waals surface area contributed by atoms with E-state index in [1.807, 2.05) is 14.1 Å². The number of carbonyl (C=O) groups is 1. The van der Waals surface area contributed by atoms with Crippen LogP contribution in [0.15, 0.2) is 35.9 Å². The molecule has 1 aromatic carbocycles. The topological polar surface area (TPSA) is 20.3 Å². The second kappa shape index (κ2) is 4.74. The standard InChI is InChI=1S/C15H19NO/c1-11(17)14-5-4-6-15(14)12-7-9-13(10-8-12)16(2)3/h5,7-10,15H,4,6H2,1-3H3. The molecule has 0 saturated carbocycles. The Kier molecular flexibility index (Phi) is 3.32. The van der Waals surface area contributed by atoms with Gasteiger partial charge in [0, 0.05) is 25.7 Å². The Labute approximate surface area is 103 Å². The molecule has 1 unspecified atom stereocenters. The third kappa shape index (κ3) is 2.41. The first kappa shape index (κ1) is 11.9. The fourth-order valence-corrected chi connectivity index (χ4v) is 2.44. The molecule has 1 aromatic rings. The smallest absolute Gasteiger partial charge is 0.156 e. The summed E-state index contributed by atoms with van der Waals surface area (Å²) in [6.45, 7) is 1.67. The van der Waals surface area contributed by atoms with Gasteiger partial charge in [-0.05, 0) is 43.0 Å². The summed E-state index contributed by atoms with van der Waals surface area (Å²) in [7, 11) is 4.07. The maximum absolute atomic E-state index is 11.5. The molecule has 0 saturated heterocycles. The minimum atomic E-state index is 0.212. The summed E-state index contributed by atoms with van der Waals surface area (Å²) >= 11 is 0. The molecule has 0 aromatic heterocycles. The molecule has 2 heteroatoms. The molecular weight excluding hydrogens is 210 g/mol. The van der Waals surface area contributed by atoms with Gasteiger partial charge in [-0.3, -0.25) is 4.79 Å². The molecule has 0 bridgehead atoms. The van der Waals surface area contributed by atoms with Crippen molar-refractivity contribution in [2.45, 2.75) is 25.7 Å². The molecule has 1 atom stereocenters. The van der Waals surface area contributed by atoms with E-state index in [4.69, 9.17) is 0 Å². The van der Waals surface area contributed by atoms with Gasteiger partial charge in [0.2, 0.25) is 0 Å². The summed E-state index contributed by atoms with van der Waals surface area (Å²) in [6.07, 6.45) is 4.18. The molecule has 0 N–H and O–H groups in total. The Morgan fingerprint density at radius 3 is 2.41 bits per heavy atom. The average Bonchev–Trinajstić information content (AvgIpc) is 2.78. The van der Waals surface area contributed by atoms with Gasteiger partial charge in [-0.25, -0.2) is 0 Å². The Hall–Kier alpha value is -1.57. The largest absolute Gasteiger partial charge is 0.378 e. The van der Waals surface area contributed by atoms with Crippen molar-refractivity contribution < 1.29 is 4.79 Å². The number of anilines is 1. The highest BCUT2D eigenvalue weighted by Crippen LogP contribution is 2.36. The molecule has 17 heavy (non-hydrogen) atoms. The zero-order valence-corrected chi connectivity index (χ0v) is 10.7. The Bertz CT molecular complexity index is 442. The maximum atomic E-state index is 11.5. The fraction of sp³-hybridized carbons (Fsp3) is 0.400. The van der Waals surface area contributed by atoms with E-state index in [0.717, 1.165) is 18.4 Å².